The molecule has 36 heavy (non-hydrogen) atoms. The molecule has 3 aliphatic heterocycles. The predicted octanol–water partition coefficient (Wildman–Crippen LogP) is 3.17. The van der Waals surface area contributed by atoms with E-state index >= 15 is 0 Å². The lowest BCUT2D eigenvalue weighted by Gasteiger charge is -2.38. The van der Waals surface area contributed by atoms with Crippen LogP contribution in [-0.2, 0) is 16.1 Å². The largest absolute Gasteiger partial charge is 0.496 e. The van der Waals surface area contributed by atoms with Gasteiger partial charge in [-0.15, -0.1) is 0 Å². The van der Waals surface area contributed by atoms with Crippen molar-refractivity contribution < 1.29 is 19.3 Å². The van der Waals surface area contributed by atoms with Crippen LogP contribution in [0.3, 0.4) is 0 Å². The molecule has 2 aromatic heterocycles. The van der Waals surface area contributed by atoms with Crippen molar-refractivity contribution in [1.29, 1.82) is 0 Å². The Kier molecular flexibility index (Phi) is 6.15. The van der Waals surface area contributed by atoms with Crippen LogP contribution in [0.5, 0.6) is 5.75 Å². The Bertz CT molecular complexity index is 1240. The molecule has 6 rings (SSSR count). The average Bonchev–Trinajstić information content (AvgIpc) is 3.13. The summed E-state index contributed by atoms with van der Waals surface area (Å²) in [5.74, 6) is 2.30. The van der Waals surface area contributed by atoms with Gasteiger partial charge in [-0.05, 0) is 57.0 Å². The molecule has 0 aliphatic carbocycles. The van der Waals surface area contributed by atoms with Crippen molar-refractivity contribution in [3.8, 4) is 17.0 Å². The van der Waals surface area contributed by atoms with Gasteiger partial charge in [-0.3, -0.25) is 0 Å². The van der Waals surface area contributed by atoms with Crippen LogP contribution in [0.15, 0.2) is 30.3 Å². The van der Waals surface area contributed by atoms with Gasteiger partial charge >= 0.3 is 0 Å². The maximum absolute atomic E-state index is 9.80. The number of aliphatic hydroxyl groups is 1. The molecule has 4 unspecified atom stereocenters. The van der Waals surface area contributed by atoms with Crippen LogP contribution in [0.2, 0.25) is 0 Å². The number of morpholine rings is 2. The predicted molar refractivity (Wildman–Crippen MR) is 138 cm³/mol. The maximum Gasteiger partial charge on any atom is 0.229 e. The first-order valence-electron chi connectivity index (χ1n) is 12.8. The molecule has 3 aliphatic rings. The molecule has 9 heteroatoms. The highest BCUT2D eigenvalue weighted by Gasteiger charge is 2.39. The van der Waals surface area contributed by atoms with Crippen LogP contribution in [0.4, 0.5) is 11.8 Å². The second-order valence-electron chi connectivity index (χ2n) is 10.1. The van der Waals surface area contributed by atoms with Gasteiger partial charge in [-0.1, -0.05) is 0 Å². The van der Waals surface area contributed by atoms with E-state index in [9.17, 15) is 5.11 Å². The van der Waals surface area contributed by atoms with Gasteiger partial charge in [0.25, 0.3) is 0 Å². The van der Waals surface area contributed by atoms with Crippen molar-refractivity contribution in [3.63, 3.8) is 0 Å². The van der Waals surface area contributed by atoms with Crippen molar-refractivity contribution in [2.24, 2.45) is 0 Å². The fourth-order valence-corrected chi connectivity index (χ4v) is 5.86. The normalized spacial score (nSPS) is 26.0. The second kappa shape index (κ2) is 9.46. The number of aromatic nitrogens is 3. The number of anilines is 2. The van der Waals surface area contributed by atoms with Crippen LogP contribution in [-0.4, -0.2) is 77.8 Å². The number of benzene rings is 1. The molecule has 0 saturated carbocycles. The smallest absolute Gasteiger partial charge is 0.229 e. The number of ether oxygens (including phenoxy) is 3. The maximum atomic E-state index is 9.80. The highest BCUT2D eigenvalue weighted by atomic mass is 16.5. The lowest BCUT2D eigenvalue weighted by Crippen LogP contribution is -2.48. The lowest BCUT2D eigenvalue weighted by atomic mass is 10.1. The Balaban J connectivity index is 1.48. The third-order valence-electron chi connectivity index (χ3n) is 7.46. The molecule has 0 radical (unpaired) electrons. The SMILES string of the molecule is COc1ccc(-c2ccc3c(N4C5CCC4COC5)nc(N4CC(C)OC(C)C4)nc3n2)cc1CO. The Morgan fingerprint density at radius 1 is 1.00 bits per heavy atom. The molecular weight excluding hydrogens is 458 g/mol. The average molecular weight is 492 g/mol. The van der Waals surface area contributed by atoms with E-state index in [0.29, 0.717) is 29.4 Å². The van der Waals surface area contributed by atoms with E-state index in [1.807, 2.05) is 24.3 Å². The Hall–Kier alpha value is -3.01. The van der Waals surface area contributed by atoms with Crippen molar-refractivity contribution >= 4 is 22.8 Å². The van der Waals surface area contributed by atoms with Gasteiger partial charge in [0.05, 0.1) is 62.3 Å². The molecule has 3 aromatic rings. The molecule has 1 N–H and O–H groups in total. The van der Waals surface area contributed by atoms with Gasteiger partial charge in [0, 0.05) is 24.2 Å². The Morgan fingerprint density at radius 2 is 1.75 bits per heavy atom. The third-order valence-corrected chi connectivity index (χ3v) is 7.46. The molecule has 4 atom stereocenters. The summed E-state index contributed by atoms with van der Waals surface area (Å²) in [4.78, 5) is 19.8. The van der Waals surface area contributed by atoms with Crippen molar-refractivity contribution in [2.75, 3.05) is 43.2 Å². The van der Waals surface area contributed by atoms with E-state index in [0.717, 1.165) is 67.2 Å². The molecule has 0 amide bonds. The number of hydrogen-bond donors (Lipinski definition) is 1. The highest BCUT2D eigenvalue weighted by Crippen LogP contribution is 2.38. The summed E-state index contributed by atoms with van der Waals surface area (Å²) in [5.41, 5.74) is 3.10. The minimum Gasteiger partial charge on any atom is -0.496 e. The number of pyridine rings is 1. The number of hydrogen-bond acceptors (Lipinski definition) is 9. The van der Waals surface area contributed by atoms with Crippen LogP contribution in [0.25, 0.3) is 22.3 Å². The minimum atomic E-state index is -0.103. The molecule has 9 nitrogen and oxygen atoms in total. The standard InChI is InChI=1S/C27H33N5O4/c1-16-11-31(12-17(2)36-16)27-29-25-22(26(30-27)32-20-5-6-21(32)15-35-14-20)7-8-23(28-25)18-4-9-24(34-3)19(10-18)13-33/h4,7-10,16-17,20-21,33H,5-6,11-15H2,1-3H3. The number of nitrogens with zero attached hydrogens (tertiary/aromatic N) is 5. The number of fused-ring (bicyclic) bond motifs is 3. The Morgan fingerprint density at radius 3 is 2.44 bits per heavy atom. The molecule has 5 heterocycles. The Labute approximate surface area is 211 Å². The zero-order chi connectivity index (χ0) is 24.8. The van der Waals surface area contributed by atoms with Crippen LogP contribution in [0.1, 0.15) is 32.3 Å². The van der Waals surface area contributed by atoms with E-state index in [-0.39, 0.29) is 18.8 Å². The number of rotatable bonds is 5. The number of aliphatic hydroxyl groups excluding tert-OH is 1. The summed E-state index contributed by atoms with van der Waals surface area (Å²) >= 11 is 0. The van der Waals surface area contributed by atoms with Crippen LogP contribution >= 0.6 is 0 Å². The minimum absolute atomic E-state index is 0.103. The van der Waals surface area contributed by atoms with E-state index in [2.05, 4.69) is 29.7 Å². The fourth-order valence-electron chi connectivity index (χ4n) is 5.86. The van der Waals surface area contributed by atoms with Gasteiger partial charge < -0.3 is 29.1 Å². The molecule has 0 spiro atoms. The fraction of sp³-hybridized carbons (Fsp3) is 0.519. The number of methoxy groups -OCH3 is 1. The monoisotopic (exact) mass is 491 g/mol. The van der Waals surface area contributed by atoms with Gasteiger partial charge in [-0.25, -0.2) is 4.98 Å². The van der Waals surface area contributed by atoms with Gasteiger partial charge in [0.15, 0.2) is 5.65 Å². The highest BCUT2D eigenvalue weighted by molar-refractivity contribution is 5.90. The topological polar surface area (TPSA) is 93.1 Å². The van der Waals surface area contributed by atoms with Crippen molar-refractivity contribution in [1.82, 2.24) is 15.0 Å². The van der Waals surface area contributed by atoms with E-state index in [1.54, 1.807) is 7.11 Å². The molecule has 2 bridgehead atoms. The summed E-state index contributed by atoms with van der Waals surface area (Å²) in [6.45, 7) is 7.01. The first kappa shape index (κ1) is 23.4. The van der Waals surface area contributed by atoms with Gasteiger partial charge in [0.2, 0.25) is 5.95 Å². The van der Waals surface area contributed by atoms with Gasteiger partial charge in [-0.2, -0.15) is 9.97 Å². The molecule has 1 aromatic carbocycles. The van der Waals surface area contributed by atoms with Crippen molar-refractivity contribution in [2.45, 2.75) is 57.6 Å². The first-order valence-corrected chi connectivity index (χ1v) is 12.8. The summed E-state index contributed by atoms with van der Waals surface area (Å²) < 4.78 is 17.2. The molecule has 3 saturated heterocycles. The zero-order valence-corrected chi connectivity index (χ0v) is 21.1. The summed E-state index contributed by atoms with van der Waals surface area (Å²) in [6.07, 6.45) is 2.43. The zero-order valence-electron chi connectivity index (χ0n) is 21.1. The van der Waals surface area contributed by atoms with E-state index in [4.69, 9.17) is 29.2 Å². The molecular formula is C27H33N5O4. The molecule has 3 fully saturated rings. The quantitative estimate of drug-likeness (QED) is 0.578. The summed E-state index contributed by atoms with van der Waals surface area (Å²) in [5, 5.41) is 10.8. The van der Waals surface area contributed by atoms with Crippen LogP contribution < -0.4 is 14.5 Å². The van der Waals surface area contributed by atoms with Crippen LogP contribution in [0, 0.1) is 0 Å². The van der Waals surface area contributed by atoms with E-state index < -0.39 is 0 Å². The second-order valence-corrected chi connectivity index (χ2v) is 10.1. The summed E-state index contributed by atoms with van der Waals surface area (Å²) in [6, 6.07) is 10.5. The van der Waals surface area contributed by atoms with Crippen molar-refractivity contribution in [3.05, 3.63) is 35.9 Å². The van der Waals surface area contributed by atoms with Gasteiger partial charge in [0.1, 0.15) is 11.6 Å². The lowest BCUT2D eigenvalue weighted by molar-refractivity contribution is -0.00570. The first-order chi connectivity index (χ1) is 17.5. The molecule has 190 valence electrons. The third kappa shape index (κ3) is 4.15. The van der Waals surface area contributed by atoms with E-state index in [1.165, 1.54) is 0 Å². The summed E-state index contributed by atoms with van der Waals surface area (Å²) in [7, 11) is 1.61.